The third kappa shape index (κ3) is 2.63. The molecule has 1 aromatic rings. The second-order valence-electron chi connectivity index (χ2n) is 2.45. The molecule has 0 atom stereocenters. The van der Waals surface area contributed by atoms with E-state index in [2.05, 4.69) is 11.6 Å². The Hall–Kier alpha value is -1.22. The molecule has 0 saturated heterocycles. The van der Waals surface area contributed by atoms with E-state index in [-0.39, 0.29) is 0 Å². The minimum atomic E-state index is 0.753. The van der Waals surface area contributed by atoms with Crippen molar-refractivity contribution in [1.82, 2.24) is 0 Å². The molecule has 2 N–H and O–H groups in total. The summed E-state index contributed by atoms with van der Waals surface area (Å²) in [5.74, 6) is 0. The topological polar surface area (TPSA) is 38.4 Å². The Morgan fingerprint density at radius 2 is 2.38 bits per heavy atom. The minimum Gasteiger partial charge on any atom is -0.399 e. The standard InChI is InChI=1S/C10H12N2S/c1-3-12-10(13-2)8-5-4-6-9(11)7-8/h3-7H,1,11H2,2H3. The van der Waals surface area contributed by atoms with Gasteiger partial charge in [0, 0.05) is 17.5 Å². The third-order valence-corrected chi connectivity index (χ3v) is 2.26. The predicted octanol–water partition coefficient (Wildman–Crippen LogP) is 2.52. The molecule has 1 rings (SSSR count). The first kappa shape index (κ1) is 9.86. The van der Waals surface area contributed by atoms with Crippen molar-refractivity contribution in [2.24, 2.45) is 4.99 Å². The highest BCUT2D eigenvalue weighted by atomic mass is 32.2. The van der Waals surface area contributed by atoms with E-state index in [9.17, 15) is 0 Å². The molecule has 0 heterocycles. The highest BCUT2D eigenvalue weighted by Gasteiger charge is 2.00. The molecule has 0 spiro atoms. The number of hydrogen-bond acceptors (Lipinski definition) is 3. The van der Waals surface area contributed by atoms with Gasteiger partial charge in [0.15, 0.2) is 0 Å². The van der Waals surface area contributed by atoms with Crippen LogP contribution < -0.4 is 5.73 Å². The van der Waals surface area contributed by atoms with E-state index in [1.54, 1.807) is 11.8 Å². The van der Waals surface area contributed by atoms with E-state index in [1.165, 1.54) is 6.20 Å². The summed E-state index contributed by atoms with van der Waals surface area (Å²) < 4.78 is 0. The highest BCUT2D eigenvalue weighted by Crippen LogP contribution is 2.14. The molecule has 2 nitrogen and oxygen atoms in total. The Morgan fingerprint density at radius 3 is 2.92 bits per heavy atom. The number of thioether (sulfide) groups is 1. The van der Waals surface area contributed by atoms with E-state index >= 15 is 0 Å². The maximum Gasteiger partial charge on any atom is 0.103 e. The third-order valence-electron chi connectivity index (χ3n) is 1.54. The van der Waals surface area contributed by atoms with Gasteiger partial charge in [-0.25, -0.2) is 4.99 Å². The van der Waals surface area contributed by atoms with Crippen LogP contribution in [0.2, 0.25) is 0 Å². The van der Waals surface area contributed by atoms with Gasteiger partial charge in [-0.3, -0.25) is 0 Å². The van der Waals surface area contributed by atoms with Gasteiger partial charge in [-0.15, -0.1) is 11.8 Å². The number of aliphatic imine (C=N–C) groups is 1. The highest BCUT2D eigenvalue weighted by molar-refractivity contribution is 8.13. The number of nitrogen functional groups attached to an aromatic ring is 1. The zero-order chi connectivity index (χ0) is 9.68. The van der Waals surface area contributed by atoms with Crippen LogP contribution >= 0.6 is 11.8 Å². The molecule has 0 amide bonds. The summed E-state index contributed by atoms with van der Waals surface area (Å²) in [7, 11) is 0. The van der Waals surface area contributed by atoms with Gasteiger partial charge in [0.25, 0.3) is 0 Å². The largest absolute Gasteiger partial charge is 0.399 e. The fourth-order valence-corrected chi connectivity index (χ4v) is 1.54. The van der Waals surface area contributed by atoms with Gasteiger partial charge in [0.05, 0.1) is 0 Å². The van der Waals surface area contributed by atoms with Crippen molar-refractivity contribution in [2.75, 3.05) is 12.0 Å². The van der Waals surface area contributed by atoms with E-state index in [1.807, 2.05) is 30.5 Å². The molecular formula is C10H12N2S. The first-order chi connectivity index (χ1) is 6.27. The van der Waals surface area contributed by atoms with Crippen LogP contribution in [-0.4, -0.2) is 11.3 Å². The second kappa shape index (κ2) is 4.72. The molecule has 0 unspecified atom stereocenters. The van der Waals surface area contributed by atoms with Crippen LogP contribution in [0, 0.1) is 0 Å². The van der Waals surface area contributed by atoms with Crippen molar-refractivity contribution in [3.8, 4) is 0 Å². The Kier molecular flexibility index (Phi) is 3.58. The molecule has 0 radical (unpaired) electrons. The van der Waals surface area contributed by atoms with Crippen LogP contribution in [0.4, 0.5) is 5.69 Å². The number of anilines is 1. The van der Waals surface area contributed by atoms with Crippen LogP contribution in [0.25, 0.3) is 0 Å². The molecule has 0 bridgehead atoms. The fourth-order valence-electron chi connectivity index (χ4n) is 1.000. The molecular weight excluding hydrogens is 180 g/mol. The summed E-state index contributed by atoms with van der Waals surface area (Å²) in [6, 6.07) is 7.66. The summed E-state index contributed by atoms with van der Waals surface area (Å²) in [6.07, 6.45) is 3.51. The number of nitrogens with zero attached hydrogens (tertiary/aromatic N) is 1. The summed E-state index contributed by atoms with van der Waals surface area (Å²) in [5, 5.41) is 0.933. The van der Waals surface area contributed by atoms with Gasteiger partial charge in [-0.2, -0.15) is 0 Å². The average molecular weight is 192 g/mol. The van der Waals surface area contributed by atoms with Crippen molar-refractivity contribution in [3.05, 3.63) is 42.6 Å². The van der Waals surface area contributed by atoms with Crippen molar-refractivity contribution in [2.45, 2.75) is 0 Å². The van der Waals surface area contributed by atoms with E-state index in [0.717, 1.165) is 16.3 Å². The van der Waals surface area contributed by atoms with Crippen LogP contribution in [0.3, 0.4) is 0 Å². The van der Waals surface area contributed by atoms with Crippen molar-refractivity contribution < 1.29 is 0 Å². The van der Waals surface area contributed by atoms with Gasteiger partial charge in [0.2, 0.25) is 0 Å². The van der Waals surface area contributed by atoms with Crippen molar-refractivity contribution in [3.63, 3.8) is 0 Å². The molecule has 0 aliphatic carbocycles. The fraction of sp³-hybridized carbons (Fsp3) is 0.100. The molecule has 0 aromatic heterocycles. The van der Waals surface area contributed by atoms with Crippen LogP contribution in [0.15, 0.2) is 42.0 Å². The molecule has 13 heavy (non-hydrogen) atoms. The maximum absolute atomic E-state index is 5.66. The number of hydrogen-bond donors (Lipinski definition) is 1. The maximum atomic E-state index is 5.66. The summed E-state index contributed by atoms with van der Waals surface area (Å²) in [5.41, 5.74) is 7.44. The monoisotopic (exact) mass is 192 g/mol. The van der Waals surface area contributed by atoms with Crippen LogP contribution in [-0.2, 0) is 0 Å². The van der Waals surface area contributed by atoms with Crippen molar-refractivity contribution in [1.29, 1.82) is 0 Å². The predicted molar refractivity (Wildman–Crippen MR) is 61.1 cm³/mol. The molecule has 0 aliphatic heterocycles. The summed E-state index contributed by atoms with van der Waals surface area (Å²) in [6.45, 7) is 3.56. The van der Waals surface area contributed by atoms with Gasteiger partial charge in [-0.1, -0.05) is 18.7 Å². The zero-order valence-electron chi connectivity index (χ0n) is 7.53. The Balaban J connectivity index is 3.05. The van der Waals surface area contributed by atoms with E-state index in [4.69, 9.17) is 5.73 Å². The average Bonchev–Trinajstić information content (AvgIpc) is 2.14. The normalized spacial score (nSPS) is 11.3. The lowest BCUT2D eigenvalue weighted by Gasteiger charge is -2.02. The van der Waals surface area contributed by atoms with Gasteiger partial charge < -0.3 is 5.73 Å². The molecule has 0 saturated carbocycles. The second-order valence-corrected chi connectivity index (χ2v) is 3.24. The Morgan fingerprint density at radius 1 is 1.62 bits per heavy atom. The first-order valence-electron chi connectivity index (χ1n) is 3.86. The van der Waals surface area contributed by atoms with Crippen molar-refractivity contribution >= 4 is 22.5 Å². The lowest BCUT2D eigenvalue weighted by Crippen LogP contribution is -1.95. The quantitative estimate of drug-likeness (QED) is 0.444. The van der Waals surface area contributed by atoms with E-state index < -0.39 is 0 Å². The number of benzene rings is 1. The minimum absolute atomic E-state index is 0.753. The Bertz CT molecular complexity index is 331. The van der Waals surface area contributed by atoms with Gasteiger partial charge >= 0.3 is 0 Å². The van der Waals surface area contributed by atoms with Gasteiger partial charge in [0.1, 0.15) is 5.04 Å². The summed E-state index contributed by atoms with van der Waals surface area (Å²) >= 11 is 1.58. The smallest absolute Gasteiger partial charge is 0.103 e. The molecule has 3 heteroatoms. The molecule has 0 aliphatic rings. The zero-order valence-corrected chi connectivity index (χ0v) is 8.34. The molecule has 68 valence electrons. The lowest BCUT2D eigenvalue weighted by molar-refractivity contribution is 1.57. The summed E-state index contributed by atoms with van der Waals surface area (Å²) in [4.78, 5) is 4.14. The van der Waals surface area contributed by atoms with Crippen LogP contribution in [0.1, 0.15) is 5.56 Å². The first-order valence-corrected chi connectivity index (χ1v) is 5.09. The number of nitrogens with two attached hydrogens (primary N) is 1. The Labute approximate surface area is 82.6 Å². The van der Waals surface area contributed by atoms with E-state index in [0.29, 0.717) is 0 Å². The number of rotatable bonds is 2. The molecule has 0 fully saturated rings. The SMILES string of the molecule is C=CN=C(SC)c1cccc(N)c1. The van der Waals surface area contributed by atoms with Gasteiger partial charge in [-0.05, 0) is 18.4 Å². The molecule has 1 aromatic carbocycles. The van der Waals surface area contributed by atoms with Crippen LogP contribution in [0.5, 0.6) is 0 Å². The lowest BCUT2D eigenvalue weighted by atomic mass is 10.2.